The third-order valence-electron chi connectivity index (χ3n) is 3.56. The molecule has 132 valence electrons. The third-order valence-corrected chi connectivity index (χ3v) is 3.87. The zero-order valence-corrected chi connectivity index (χ0v) is 14.2. The minimum Gasteiger partial charge on any atom is -0.306 e. The molecule has 3 rings (SSSR count). The van der Waals surface area contributed by atoms with Crippen molar-refractivity contribution in [2.75, 3.05) is 5.32 Å². The molecular weight excluding hydrogens is 363 g/mol. The van der Waals surface area contributed by atoms with E-state index in [1.807, 2.05) is 0 Å². The molecule has 2 aromatic carbocycles. The van der Waals surface area contributed by atoms with Gasteiger partial charge in [-0.2, -0.15) is 5.10 Å². The highest BCUT2D eigenvalue weighted by molar-refractivity contribution is 6.34. The van der Waals surface area contributed by atoms with Gasteiger partial charge in [-0.3, -0.25) is 14.9 Å². The molecule has 3 aromatic rings. The van der Waals surface area contributed by atoms with Gasteiger partial charge in [0.2, 0.25) is 0 Å². The van der Waals surface area contributed by atoms with Gasteiger partial charge < -0.3 is 5.32 Å². The van der Waals surface area contributed by atoms with E-state index in [1.54, 1.807) is 25.1 Å². The van der Waals surface area contributed by atoms with Crippen molar-refractivity contribution in [2.45, 2.75) is 6.92 Å². The standard InChI is InChI=1S/C17H12ClFN4O3/c1-10-8-16(22(21-10)15-5-3-2-4-14(15)19)20-17(24)12-7-6-11(23(25)26)9-13(12)18/h2-9H,1H3,(H,20,24). The van der Waals surface area contributed by atoms with Crippen LogP contribution in [0.4, 0.5) is 15.9 Å². The van der Waals surface area contributed by atoms with Gasteiger partial charge in [0, 0.05) is 18.2 Å². The van der Waals surface area contributed by atoms with Gasteiger partial charge in [-0.15, -0.1) is 0 Å². The Kier molecular flexibility index (Phi) is 4.68. The summed E-state index contributed by atoms with van der Waals surface area (Å²) in [7, 11) is 0. The third kappa shape index (κ3) is 3.40. The number of benzene rings is 2. The van der Waals surface area contributed by atoms with Crippen LogP contribution >= 0.6 is 11.6 Å². The summed E-state index contributed by atoms with van der Waals surface area (Å²) >= 11 is 5.97. The fourth-order valence-corrected chi connectivity index (χ4v) is 2.64. The lowest BCUT2D eigenvalue weighted by atomic mass is 10.2. The lowest BCUT2D eigenvalue weighted by Crippen LogP contribution is -2.16. The van der Waals surface area contributed by atoms with Gasteiger partial charge in [0.25, 0.3) is 11.6 Å². The number of carbonyl (C=O) groups is 1. The van der Waals surface area contributed by atoms with E-state index in [4.69, 9.17) is 11.6 Å². The summed E-state index contributed by atoms with van der Waals surface area (Å²) in [6, 6.07) is 11.1. The number of para-hydroxylation sites is 1. The van der Waals surface area contributed by atoms with E-state index in [2.05, 4.69) is 10.4 Å². The van der Waals surface area contributed by atoms with Gasteiger partial charge >= 0.3 is 0 Å². The summed E-state index contributed by atoms with van der Waals surface area (Å²) in [6.07, 6.45) is 0. The van der Waals surface area contributed by atoms with E-state index >= 15 is 0 Å². The molecule has 7 nitrogen and oxygen atoms in total. The number of aryl methyl sites for hydroxylation is 1. The van der Waals surface area contributed by atoms with Crippen LogP contribution in [0.25, 0.3) is 5.69 Å². The molecule has 0 saturated heterocycles. The number of aromatic nitrogens is 2. The van der Waals surface area contributed by atoms with Crippen molar-refractivity contribution in [3.63, 3.8) is 0 Å². The summed E-state index contributed by atoms with van der Waals surface area (Å²) in [5, 5.41) is 17.5. The minimum atomic E-state index is -0.607. The minimum absolute atomic E-state index is 0.0520. The Morgan fingerprint density at radius 2 is 2.00 bits per heavy atom. The highest BCUT2D eigenvalue weighted by Gasteiger charge is 2.18. The van der Waals surface area contributed by atoms with Gasteiger partial charge in [-0.05, 0) is 25.1 Å². The normalized spacial score (nSPS) is 10.6. The van der Waals surface area contributed by atoms with Crippen molar-refractivity contribution in [3.05, 3.63) is 80.7 Å². The molecule has 0 radical (unpaired) electrons. The number of hydrogen-bond donors (Lipinski definition) is 1. The van der Waals surface area contributed by atoms with Gasteiger partial charge in [0.1, 0.15) is 17.3 Å². The van der Waals surface area contributed by atoms with Crippen LogP contribution in [0, 0.1) is 22.9 Å². The Hall–Kier alpha value is -3.26. The van der Waals surface area contributed by atoms with Crippen LogP contribution in [0.15, 0.2) is 48.5 Å². The van der Waals surface area contributed by atoms with Crippen molar-refractivity contribution in [1.29, 1.82) is 0 Å². The topological polar surface area (TPSA) is 90.1 Å². The van der Waals surface area contributed by atoms with Crippen LogP contribution in [0.2, 0.25) is 5.02 Å². The highest BCUT2D eigenvalue weighted by Crippen LogP contribution is 2.25. The summed E-state index contributed by atoms with van der Waals surface area (Å²) < 4.78 is 15.3. The number of anilines is 1. The van der Waals surface area contributed by atoms with Crippen molar-refractivity contribution < 1.29 is 14.1 Å². The van der Waals surface area contributed by atoms with Crippen molar-refractivity contribution >= 4 is 29.0 Å². The van der Waals surface area contributed by atoms with Crippen molar-refractivity contribution in [2.24, 2.45) is 0 Å². The smallest absolute Gasteiger partial charge is 0.270 e. The van der Waals surface area contributed by atoms with Gasteiger partial charge in [0.05, 0.1) is 21.2 Å². The first-order valence-electron chi connectivity index (χ1n) is 7.43. The first kappa shape index (κ1) is 17.6. The quantitative estimate of drug-likeness (QED) is 0.549. The second-order valence-corrected chi connectivity index (χ2v) is 5.82. The fourth-order valence-electron chi connectivity index (χ4n) is 2.38. The number of nitro groups is 1. The number of non-ortho nitro benzene ring substituents is 1. The maximum Gasteiger partial charge on any atom is 0.270 e. The molecule has 26 heavy (non-hydrogen) atoms. The van der Waals surface area contributed by atoms with Gasteiger partial charge in [-0.1, -0.05) is 23.7 Å². The lowest BCUT2D eigenvalue weighted by Gasteiger charge is -2.10. The van der Waals surface area contributed by atoms with Crippen LogP contribution in [-0.4, -0.2) is 20.6 Å². The predicted molar refractivity (Wildman–Crippen MR) is 94.3 cm³/mol. The Bertz CT molecular complexity index is 1020. The summed E-state index contributed by atoms with van der Waals surface area (Å²) in [6.45, 7) is 1.70. The molecule has 0 bridgehead atoms. The number of hydrogen-bond acceptors (Lipinski definition) is 4. The second kappa shape index (κ2) is 6.93. The zero-order valence-electron chi connectivity index (χ0n) is 13.4. The molecule has 0 atom stereocenters. The monoisotopic (exact) mass is 374 g/mol. The number of nitrogens with one attached hydrogen (secondary N) is 1. The first-order chi connectivity index (χ1) is 12.4. The van der Waals surface area contributed by atoms with Crippen molar-refractivity contribution in [1.82, 2.24) is 9.78 Å². The number of nitro benzene ring substituents is 1. The predicted octanol–water partition coefficient (Wildman–Crippen LogP) is 4.13. The Morgan fingerprint density at radius 3 is 2.65 bits per heavy atom. The number of rotatable bonds is 4. The molecule has 0 spiro atoms. The molecule has 0 fully saturated rings. The molecule has 1 aromatic heterocycles. The number of halogens is 2. The Balaban J connectivity index is 1.94. The molecule has 0 saturated carbocycles. The molecule has 1 amide bonds. The van der Waals surface area contributed by atoms with E-state index < -0.39 is 16.6 Å². The van der Waals surface area contributed by atoms with Gasteiger partial charge in [0.15, 0.2) is 0 Å². The average Bonchev–Trinajstić information content (AvgIpc) is 2.95. The number of carbonyl (C=O) groups excluding carboxylic acids is 1. The Morgan fingerprint density at radius 1 is 1.27 bits per heavy atom. The number of amides is 1. The molecule has 0 unspecified atom stereocenters. The Labute approximate surface area is 152 Å². The fraction of sp³-hybridized carbons (Fsp3) is 0.0588. The average molecular weight is 375 g/mol. The molecule has 1 heterocycles. The van der Waals surface area contributed by atoms with E-state index in [0.717, 1.165) is 6.07 Å². The lowest BCUT2D eigenvalue weighted by molar-refractivity contribution is -0.384. The maximum atomic E-state index is 14.1. The summed E-state index contributed by atoms with van der Waals surface area (Å²) in [5.74, 6) is -0.853. The molecule has 0 aliphatic heterocycles. The van der Waals surface area contributed by atoms with Gasteiger partial charge in [-0.25, -0.2) is 9.07 Å². The first-order valence-corrected chi connectivity index (χ1v) is 7.81. The molecule has 9 heteroatoms. The molecule has 0 aliphatic rings. The van der Waals surface area contributed by atoms with Crippen LogP contribution in [0.5, 0.6) is 0 Å². The van der Waals surface area contributed by atoms with E-state index in [0.29, 0.717) is 5.69 Å². The number of nitrogens with zero attached hydrogens (tertiary/aromatic N) is 3. The van der Waals surface area contributed by atoms with Crippen LogP contribution in [0.3, 0.4) is 0 Å². The summed E-state index contributed by atoms with van der Waals surface area (Å²) in [5.41, 5.74) is 0.569. The van der Waals surface area contributed by atoms with E-state index in [-0.39, 0.29) is 27.8 Å². The van der Waals surface area contributed by atoms with Crippen LogP contribution < -0.4 is 5.32 Å². The summed E-state index contributed by atoms with van der Waals surface area (Å²) in [4.78, 5) is 22.6. The highest BCUT2D eigenvalue weighted by atomic mass is 35.5. The SMILES string of the molecule is Cc1cc(NC(=O)c2ccc([N+](=O)[O-])cc2Cl)n(-c2ccccc2F)n1. The van der Waals surface area contributed by atoms with Crippen LogP contribution in [0.1, 0.15) is 16.1 Å². The van der Waals surface area contributed by atoms with Crippen molar-refractivity contribution in [3.8, 4) is 5.69 Å². The molecule has 1 N–H and O–H groups in total. The largest absolute Gasteiger partial charge is 0.306 e. The van der Waals surface area contributed by atoms with E-state index in [1.165, 1.54) is 28.9 Å². The molecule has 0 aliphatic carbocycles. The maximum absolute atomic E-state index is 14.1. The zero-order chi connectivity index (χ0) is 18.8. The molecular formula is C17H12ClFN4O3. The second-order valence-electron chi connectivity index (χ2n) is 5.41. The van der Waals surface area contributed by atoms with E-state index in [9.17, 15) is 19.3 Å². The van der Waals surface area contributed by atoms with Crippen LogP contribution in [-0.2, 0) is 0 Å².